The number of amides is 2. The number of carbonyl (C=O) groups is 2. The molecule has 0 aliphatic heterocycles. The van der Waals surface area contributed by atoms with Gasteiger partial charge in [-0.1, -0.05) is 60.9 Å². The molecule has 0 spiro atoms. The second-order valence-electron chi connectivity index (χ2n) is 9.85. The third-order valence-electron chi connectivity index (χ3n) is 6.72. The third kappa shape index (κ3) is 7.85. The van der Waals surface area contributed by atoms with Crippen LogP contribution in [0.4, 0.5) is 5.69 Å². The molecule has 0 fully saturated rings. The van der Waals surface area contributed by atoms with Gasteiger partial charge in [-0.15, -0.1) is 0 Å². The lowest BCUT2D eigenvalue weighted by Crippen LogP contribution is -2.51. The van der Waals surface area contributed by atoms with Crippen molar-refractivity contribution in [3.05, 3.63) is 89.5 Å². The lowest BCUT2D eigenvalue weighted by atomic mass is 10.1. The summed E-state index contributed by atoms with van der Waals surface area (Å²) in [6.07, 6.45) is 1.75. The van der Waals surface area contributed by atoms with Crippen LogP contribution in [0.25, 0.3) is 0 Å². The van der Waals surface area contributed by atoms with Crippen molar-refractivity contribution in [2.75, 3.05) is 24.5 Å². The first-order chi connectivity index (χ1) is 19.1. The molecule has 40 heavy (non-hydrogen) atoms. The van der Waals surface area contributed by atoms with E-state index >= 15 is 0 Å². The summed E-state index contributed by atoms with van der Waals surface area (Å²) in [6, 6.07) is 19.8. The number of sulfonamides is 1. The van der Waals surface area contributed by atoms with E-state index in [1.807, 2.05) is 45.0 Å². The molecule has 3 aromatic carbocycles. The number of carbonyl (C=O) groups excluding carboxylic acids is 2. The molecule has 3 rings (SSSR count). The van der Waals surface area contributed by atoms with Crippen molar-refractivity contribution in [1.29, 1.82) is 0 Å². The molecule has 9 heteroatoms. The van der Waals surface area contributed by atoms with Crippen molar-refractivity contribution in [2.24, 2.45) is 0 Å². The van der Waals surface area contributed by atoms with Gasteiger partial charge in [0.05, 0.1) is 17.7 Å². The van der Waals surface area contributed by atoms with Crippen LogP contribution in [0, 0.1) is 13.8 Å². The monoisotopic (exact) mass is 565 g/mol. The van der Waals surface area contributed by atoms with E-state index in [2.05, 4.69) is 5.32 Å². The lowest BCUT2D eigenvalue weighted by molar-refractivity contribution is -0.139. The van der Waals surface area contributed by atoms with Gasteiger partial charge in [-0.05, 0) is 69.2 Å². The van der Waals surface area contributed by atoms with E-state index in [1.165, 1.54) is 24.1 Å². The van der Waals surface area contributed by atoms with Crippen molar-refractivity contribution >= 4 is 27.5 Å². The first-order valence-corrected chi connectivity index (χ1v) is 14.9. The van der Waals surface area contributed by atoms with Gasteiger partial charge in [0, 0.05) is 13.1 Å². The highest BCUT2D eigenvalue weighted by molar-refractivity contribution is 7.92. The molecule has 2 amide bonds. The number of benzene rings is 3. The number of hydrogen-bond donors (Lipinski definition) is 1. The van der Waals surface area contributed by atoms with E-state index in [1.54, 1.807) is 43.3 Å². The number of rotatable bonds is 13. The minimum absolute atomic E-state index is 0.0668. The van der Waals surface area contributed by atoms with E-state index in [9.17, 15) is 18.0 Å². The van der Waals surface area contributed by atoms with E-state index in [0.717, 1.165) is 33.8 Å². The molecule has 0 aliphatic carbocycles. The number of anilines is 1. The quantitative estimate of drug-likeness (QED) is 0.299. The Morgan fingerprint density at radius 3 is 2.02 bits per heavy atom. The molecule has 1 N–H and O–H groups in total. The standard InChI is InChI=1S/C31H39N3O5S/c1-6-7-20-32-31(36)25(4)33(21-26-12-8-23(2)9-13-26)30(35)22-34(27-14-16-28(39-5)17-15-27)40(37,38)29-18-10-24(3)11-19-29/h8-19,25H,6-7,20-22H2,1-5H3,(H,32,36)/t25-/m0/s1. The van der Waals surface area contributed by atoms with Crippen LogP contribution < -0.4 is 14.4 Å². The zero-order valence-electron chi connectivity index (χ0n) is 23.9. The summed E-state index contributed by atoms with van der Waals surface area (Å²) in [4.78, 5) is 28.5. The molecular formula is C31H39N3O5S. The summed E-state index contributed by atoms with van der Waals surface area (Å²) >= 11 is 0. The Hall–Kier alpha value is -3.85. The largest absolute Gasteiger partial charge is 0.497 e. The van der Waals surface area contributed by atoms with Crippen LogP contribution in [0.5, 0.6) is 5.75 Å². The second kappa shape index (κ2) is 14.0. The number of ether oxygens (including phenoxy) is 1. The molecule has 1 atom stereocenters. The highest BCUT2D eigenvalue weighted by atomic mass is 32.2. The van der Waals surface area contributed by atoms with Gasteiger partial charge in [0.1, 0.15) is 18.3 Å². The summed E-state index contributed by atoms with van der Waals surface area (Å²) in [7, 11) is -2.59. The van der Waals surface area contributed by atoms with Crippen LogP contribution >= 0.6 is 0 Å². The molecule has 0 unspecified atom stereocenters. The average molecular weight is 566 g/mol. The molecule has 0 heterocycles. The van der Waals surface area contributed by atoms with E-state index in [0.29, 0.717) is 18.0 Å². The van der Waals surface area contributed by atoms with Crippen LogP contribution in [-0.2, 0) is 26.2 Å². The van der Waals surface area contributed by atoms with Gasteiger partial charge < -0.3 is 15.0 Å². The van der Waals surface area contributed by atoms with Crippen molar-refractivity contribution < 1.29 is 22.7 Å². The number of aryl methyl sites for hydroxylation is 2. The summed E-state index contributed by atoms with van der Waals surface area (Å²) in [5.74, 6) is -0.224. The van der Waals surface area contributed by atoms with Crippen molar-refractivity contribution in [3.63, 3.8) is 0 Å². The van der Waals surface area contributed by atoms with E-state index in [4.69, 9.17) is 4.74 Å². The van der Waals surface area contributed by atoms with Crippen LogP contribution in [0.3, 0.4) is 0 Å². The van der Waals surface area contributed by atoms with Gasteiger partial charge in [-0.25, -0.2) is 8.42 Å². The molecule has 0 aliphatic rings. The number of methoxy groups -OCH3 is 1. The van der Waals surface area contributed by atoms with Crippen LogP contribution in [0.1, 0.15) is 43.4 Å². The molecule has 214 valence electrons. The maximum atomic E-state index is 13.9. The number of nitrogens with zero attached hydrogens (tertiary/aromatic N) is 2. The maximum Gasteiger partial charge on any atom is 0.264 e. The Balaban J connectivity index is 1.99. The first kappa shape index (κ1) is 30.7. The predicted octanol–water partition coefficient (Wildman–Crippen LogP) is 4.84. The van der Waals surface area contributed by atoms with E-state index < -0.39 is 28.5 Å². The highest BCUT2D eigenvalue weighted by Crippen LogP contribution is 2.27. The van der Waals surface area contributed by atoms with Gasteiger partial charge in [-0.2, -0.15) is 0 Å². The lowest BCUT2D eigenvalue weighted by Gasteiger charge is -2.32. The molecule has 8 nitrogen and oxygen atoms in total. The molecule has 0 aromatic heterocycles. The van der Waals surface area contributed by atoms with Crippen molar-refractivity contribution in [1.82, 2.24) is 10.2 Å². The second-order valence-corrected chi connectivity index (χ2v) is 11.7. The zero-order valence-corrected chi connectivity index (χ0v) is 24.7. The molecule has 0 saturated carbocycles. The molecule has 0 radical (unpaired) electrons. The van der Waals surface area contributed by atoms with Gasteiger partial charge >= 0.3 is 0 Å². The minimum Gasteiger partial charge on any atom is -0.497 e. The number of nitrogens with one attached hydrogen (secondary N) is 1. The molecular weight excluding hydrogens is 526 g/mol. The van der Waals surface area contributed by atoms with E-state index in [-0.39, 0.29) is 17.3 Å². The smallest absolute Gasteiger partial charge is 0.264 e. The first-order valence-electron chi connectivity index (χ1n) is 13.4. The van der Waals surface area contributed by atoms with Crippen molar-refractivity contribution in [2.45, 2.75) is 58.0 Å². The van der Waals surface area contributed by atoms with Crippen LogP contribution in [0.15, 0.2) is 77.7 Å². The Bertz CT molecular complexity index is 1370. The Morgan fingerprint density at radius 1 is 0.900 bits per heavy atom. The fourth-order valence-corrected chi connectivity index (χ4v) is 5.54. The summed E-state index contributed by atoms with van der Waals surface area (Å²) in [5.41, 5.74) is 3.13. The minimum atomic E-state index is -4.12. The fraction of sp³-hybridized carbons (Fsp3) is 0.355. The third-order valence-corrected chi connectivity index (χ3v) is 8.51. The fourth-order valence-electron chi connectivity index (χ4n) is 4.12. The zero-order chi connectivity index (χ0) is 29.3. The van der Waals surface area contributed by atoms with Crippen LogP contribution in [0.2, 0.25) is 0 Å². The molecule has 3 aromatic rings. The number of hydrogen-bond acceptors (Lipinski definition) is 5. The molecule has 0 bridgehead atoms. The Kier molecular flexibility index (Phi) is 10.7. The maximum absolute atomic E-state index is 13.9. The summed E-state index contributed by atoms with van der Waals surface area (Å²) in [6.45, 7) is 7.72. The SMILES string of the molecule is CCCCNC(=O)[C@H](C)N(Cc1ccc(C)cc1)C(=O)CN(c1ccc(OC)cc1)S(=O)(=O)c1ccc(C)cc1. The number of unbranched alkanes of at least 4 members (excludes halogenated alkanes) is 1. The highest BCUT2D eigenvalue weighted by Gasteiger charge is 2.32. The van der Waals surface area contributed by atoms with Gasteiger partial charge in [0.25, 0.3) is 10.0 Å². The predicted molar refractivity (Wildman–Crippen MR) is 158 cm³/mol. The Labute approximate surface area is 238 Å². The van der Waals surface area contributed by atoms with Gasteiger partial charge in [-0.3, -0.25) is 13.9 Å². The average Bonchev–Trinajstić information content (AvgIpc) is 2.95. The normalized spacial score (nSPS) is 11.9. The molecule has 0 saturated heterocycles. The van der Waals surface area contributed by atoms with Crippen molar-refractivity contribution in [3.8, 4) is 5.75 Å². The summed E-state index contributed by atoms with van der Waals surface area (Å²) < 4.78 is 34.1. The van der Waals surface area contributed by atoms with Gasteiger partial charge in [0.15, 0.2) is 0 Å². The topological polar surface area (TPSA) is 96.0 Å². The summed E-state index contributed by atoms with van der Waals surface area (Å²) in [5, 5.41) is 2.89. The van der Waals surface area contributed by atoms with Crippen LogP contribution in [-0.4, -0.2) is 51.4 Å². The van der Waals surface area contributed by atoms with Gasteiger partial charge in [0.2, 0.25) is 11.8 Å². The Morgan fingerprint density at radius 2 is 1.48 bits per heavy atom.